The first-order valence-electron chi connectivity index (χ1n) is 5.85. The molecule has 1 aliphatic rings. The summed E-state index contributed by atoms with van der Waals surface area (Å²) in [5, 5.41) is 10.6. The summed E-state index contributed by atoms with van der Waals surface area (Å²) in [5.41, 5.74) is 0.583. The summed E-state index contributed by atoms with van der Waals surface area (Å²) in [6.07, 6.45) is 7.45. The van der Waals surface area contributed by atoms with Crippen LogP contribution in [0.25, 0.3) is 0 Å². The van der Waals surface area contributed by atoms with E-state index in [9.17, 15) is 5.11 Å². The van der Waals surface area contributed by atoms with E-state index >= 15 is 0 Å². The maximum atomic E-state index is 10.6. The molecule has 2 heteroatoms. The topological polar surface area (TPSA) is 33.4 Å². The van der Waals surface area contributed by atoms with Gasteiger partial charge in [-0.2, -0.15) is 0 Å². The molecule has 1 aromatic heterocycles. The Balaban J connectivity index is 2.11. The van der Waals surface area contributed by atoms with Gasteiger partial charge >= 0.3 is 0 Å². The van der Waals surface area contributed by atoms with Crippen molar-refractivity contribution in [2.24, 2.45) is 11.8 Å². The lowest BCUT2D eigenvalue weighted by molar-refractivity contribution is -0.0621. The third-order valence-corrected chi connectivity index (χ3v) is 4.06. The van der Waals surface area contributed by atoms with Gasteiger partial charge < -0.3 is 9.52 Å². The van der Waals surface area contributed by atoms with Crippen molar-refractivity contribution < 1.29 is 9.52 Å². The van der Waals surface area contributed by atoms with Gasteiger partial charge in [0.2, 0.25) is 0 Å². The van der Waals surface area contributed by atoms with Gasteiger partial charge in [0.25, 0.3) is 0 Å². The predicted octanol–water partition coefficient (Wildman–Crippen LogP) is 3.01. The Kier molecular flexibility index (Phi) is 2.87. The number of rotatable bonds is 2. The molecule has 2 rings (SSSR count). The van der Waals surface area contributed by atoms with Crippen LogP contribution in [0.15, 0.2) is 23.0 Å². The molecule has 1 fully saturated rings. The monoisotopic (exact) mass is 208 g/mol. The molecule has 0 bridgehead atoms. The first-order chi connectivity index (χ1) is 7.12. The Morgan fingerprint density at radius 3 is 3.00 bits per heavy atom. The van der Waals surface area contributed by atoms with Gasteiger partial charge in [0.15, 0.2) is 0 Å². The third kappa shape index (κ3) is 2.10. The minimum absolute atomic E-state index is 0.376. The number of hydrogen-bond donors (Lipinski definition) is 1. The molecule has 84 valence electrons. The van der Waals surface area contributed by atoms with E-state index in [2.05, 4.69) is 13.8 Å². The minimum Gasteiger partial charge on any atom is -0.472 e. The molecule has 1 saturated carbocycles. The Labute approximate surface area is 91.3 Å². The second kappa shape index (κ2) is 4.01. The van der Waals surface area contributed by atoms with Gasteiger partial charge in [-0.3, -0.25) is 0 Å². The van der Waals surface area contributed by atoms with E-state index in [4.69, 9.17) is 4.42 Å². The van der Waals surface area contributed by atoms with Gasteiger partial charge in [-0.1, -0.05) is 26.7 Å². The zero-order valence-corrected chi connectivity index (χ0v) is 9.57. The van der Waals surface area contributed by atoms with E-state index in [-0.39, 0.29) is 0 Å². The van der Waals surface area contributed by atoms with Crippen LogP contribution < -0.4 is 0 Å². The molecule has 0 aliphatic heterocycles. The van der Waals surface area contributed by atoms with Gasteiger partial charge in [-0.15, -0.1) is 0 Å². The Morgan fingerprint density at radius 1 is 1.53 bits per heavy atom. The molecule has 0 spiro atoms. The van der Waals surface area contributed by atoms with E-state index in [1.165, 1.54) is 6.42 Å². The highest BCUT2D eigenvalue weighted by atomic mass is 16.3. The molecule has 1 heterocycles. The van der Waals surface area contributed by atoms with Crippen LogP contribution in [0.4, 0.5) is 0 Å². The minimum atomic E-state index is -0.526. The summed E-state index contributed by atoms with van der Waals surface area (Å²) in [6, 6.07) is 1.95. The Morgan fingerprint density at radius 2 is 2.33 bits per heavy atom. The van der Waals surface area contributed by atoms with E-state index in [0.717, 1.165) is 24.8 Å². The van der Waals surface area contributed by atoms with Gasteiger partial charge in [-0.25, -0.2) is 0 Å². The molecule has 0 radical (unpaired) electrons. The largest absolute Gasteiger partial charge is 0.472 e. The molecule has 15 heavy (non-hydrogen) atoms. The Bertz CT molecular complexity index is 304. The summed E-state index contributed by atoms with van der Waals surface area (Å²) in [7, 11) is 0. The molecule has 0 saturated heterocycles. The van der Waals surface area contributed by atoms with Crippen LogP contribution in [0, 0.1) is 11.8 Å². The zero-order valence-electron chi connectivity index (χ0n) is 9.57. The molecule has 1 N–H and O–H groups in total. The van der Waals surface area contributed by atoms with Crippen molar-refractivity contribution in [2.45, 2.75) is 45.1 Å². The highest BCUT2D eigenvalue weighted by molar-refractivity contribution is 5.11. The van der Waals surface area contributed by atoms with Crippen LogP contribution in [-0.2, 0) is 6.42 Å². The molecular weight excluding hydrogens is 188 g/mol. The quantitative estimate of drug-likeness (QED) is 0.810. The van der Waals surface area contributed by atoms with E-state index < -0.39 is 5.60 Å². The third-order valence-electron chi connectivity index (χ3n) is 4.06. The molecule has 1 aromatic rings. The zero-order chi connectivity index (χ0) is 10.9. The fourth-order valence-corrected chi connectivity index (χ4v) is 2.73. The number of furan rings is 1. The van der Waals surface area contributed by atoms with Crippen molar-refractivity contribution in [3.63, 3.8) is 0 Å². The molecule has 0 aromatic carbocycles. The van der Waals surface area contributed by atoms with Gasteiger partial charge in [0.05, 0.1) is 18.1 Å². The van der Waals surface area contributed by atoms with Crippen molar-refractivity contribution in [2.75, 3.05) is 0 Å². The summed E-state index contributed by atoms with van der Waals surface area (Å²) in [6.45, 7) is 4.41. The first-order valence-corrected chi connectivity index (χ1v) is 5.85. The molecule has 0 amide bonds. The maximum absolute atomic E-state index is 10.6. The second-order valence-corrected chi connectivity index (χ2v) is 5.07. The summed E-state index contributed by atoms with van der Waals surface area (Å²) >= 11 is 0. The normalized spacial score (nSPS) is 36.7. The first kappa shape index (κ1) is 10.7. The SMILES string of the molecule is CC1CCCC(O)(Cc2ccoc2)C1C. The summed E-state index contributed by atoms with van der Waals surface area (Å²) in [5.74, 6) is 0.997. The van der Waals surface area contributed by atoms with Crippen molar-refractivity contribution in [3.05, 3.63) is 24.2 Å². The van der Waals surface area contributed by atoms with Crippen LogP contribution in [0.5, 0.6) is 0 Å². The summed E-state index contributed by atoms with van der Waals surface area (Å²) in [4.78, 5) is 0. The van der Waals surface area contributed by atoms with E-state index in [1.807, 2.05) is 6.07 Å². The second-order valence-electron chi connectivity index (χ2n) is 5.07. The predicted molar refractivity (Wildman–Crippen MR) is 59.5 cm³/mol. The lowest BCUT2D eigenvalue weighted by Crippen LogP contribution is -2.44. The fraction of sp³-hybridized carbons (Fsp3) is 0.692. The molecule has 3 atom stereocenters. The van der Waals surface area contributed by atoms with E-state index in [1.54, 1.807) is 12.5 Å². The highest BCUT2D eigenvalue weighted by Crippen LogP contribution is 2.39. The number of hydrogen-bond acceptors (Lipinski definition) is 2. The van der Waals surface area contributed by atoms with Crippen LogP contribution in [0.1, 0.15) is 38.7 Å². The van der Waals surface area contributed by atoms with Crippen molar-refractivity contribution >= 4 is 0 Å². The Hall–Kier alpha value is -0.760. The number of aliphatic hydroxyl groups is 1. The van der Waals surface area contributed by atoms with Crippen molar-refractivity contribution in [1.29, 1.82) is 0 Å². The van der Waals surface area contributed by atoms with Gasteiger partial charge in [0, 0.05) is 6.42 Å². The van der Waals surface area contributed by atoms with Crippen molar-refractivity contribution in [1.82, 2.24) is 0 Å². The molecular formula is C13H20O2. The van der Waals surface area contributed by atoms with Crippen molar-refractivity contribution in [3.8, 4) is 0 Å². The standard InChI is InChI=1S/C13H20O2/c1-10-4-3-6-13(14,11(10)2)8-12-5-7-15-9-12/h5,7,9-11,14H,3-4,6,8H2,1-2H3. The molecule has 1 aliphatic carbocycles. The fourth-order valence-electron chi connectivity index (χ4n) is 2.73. The van der Waals surface area contributed by atoms with Crippen LogP contribution >= 0.6 is 0 Å². The van der Waals surface area contributed by atoms with Gasteiger partial charge in [-0.05, 0) is 29.9 Å². The van der Waals surface area contributed by atoms with Crippen LogP contribution in [-0.4, -0.2) is 10.7 Å². The average Bonchev–Trinajstić information content (AvgIpc) is 2.67. The molecule has 3 unspecified atom stereocenters. The maximum Gasteiger partial charge on any atom is 0.0935 e. The smallest absolute Gasteiger partial charge is 0.0935 e. The van der Waals surface area contributed by atoms with Crippen LogP contribution in [0.2, 0.25) is 0 Å². The van der Waals surface area contributed by atoms with E-state index in [0.29, 0.717) is 11.8 Å². The van der Waals surface area contributed by atoms with Crippen LogP contribution in [0.3, 0.4) is 0 Å². The lowest BCUT2D eigenvalue weighted by Gasteiger charge is -2.42. The summed E-state index contributed by atoms with van der Waals surface area (Å²) < 4.78 is 5.05. The average molecular weight is 208 g/mol. The lowest BCUT2D eigenvalue weighted by atomic mass is 9.68. The molecule has 2 nitrogen and oxygen atoms in total. The highest BCUT2D eigenvalue weighted by Gasteiger charge is 2.39. The van der Waals surface area contributed by atoms with Gasteiger partial charge in [0.1, 0.15) is 0 Å².